The van der Waals surface area contributed by atoms with Crippen LogP contribution in [-0.2, 0) is 14.3 Å². The number of rotatable bonds is 12. The highest BCUT2D eigenvalue weighted by Crippen LogP contribution is 2.01. The number of aliphatic carboxylic acids is 1. The summed E-state index contributed by atoms with van der Waals surface area (Å²) >= 11 is 0. The number of nitrogens with one attached hydrogen (secondary N) is 1. The Morgan fingerprint density at radius 2 is 1.62 bits per heavy atom. The predicted molar refractivity (Wildman–Crippen MR) is 79.4 cm³/mol. The zero-order chi connectivity index (χ0) is 16.1. The molecule has 1 atom stereocenters. The first-order chi connectivity index (χ1) is 10.1. The Morgan fingerprint density at radius 3 is 2.00 bits per heavy atom. The lowest BCUT2D eigenvalue weighted by atomic mass is 10.1. The van der Waals surface area contributed by atoms with Crippen molar-refractivity contribution >= 4 is 12.0 Å². The van der Waals surface area contributed by atoms with Gasteiger partial charge in [-0.05, 0) is 20.3 Å². The van der Waals surface area contributed by atoms with Crippen molar-refractivity contribution in [1.29, 1.82) is 0 Å². The standard InChI is InChI=1S/C14H28N2O5/c1-4-12(13(17)18)11-15-14(19)16(7-9-20-5-2)8-10-21-6-3/h12H,4-11H2,1-3H3,(H,15,19)(H,17,18). The fraction of sp³-hybridized carbons (Fsp3) is 0.857. The summed E-state index contributed by atoms with van der Waals surface area (Å²) in [5.74, 6) is -1.46. The summed E-state index contributed by atoms with van der Waals surface area (Å²) in [6, 6.07) is -0.283. The van der Waals surface area contributed by atoms with E-state index in [2.05, 4.69) is 5.32 Å². The van der Waals surface area contributed by atoms with Gasteiger partial charge in [-0.15, -0.1) is 0 Å². The molecule has 0 aromatic rings. The molecule has 0 fully saturated rings. The van der Waals surface area contributed by atoms with Gasteiger partial charge in [-0.2, -0.15) is 0 Å². The zero-order valence-electron chi connectivity index (χ0n) is 13.3. The van der Waals surface area contributed by atoms with E-state index in [4.69, 9.17) is 14.6 Å². The normalized spacial score (nSPS) is 12.0. The van der Waals surface area contributed by atoms with Gasteiger partial charge in [0.25, 0.3) is 0 Å². The van der Waals surface area contributed by atoms with Gasteiger partial charge >= 0.3 is 12.0 Å². The molecule has 7 heteroatoms. The number of carboxylic acids is 1. The number of amides is 2. The molecule has 7 nitrogen and oxygen atoms in total. The van der Waals surface area contributed by atoms with Crippen LogP contribution >= 0.6 is 0 Å². The summed E-state index contributed by atoms with van der Waals surface area (Å²) in [6.07, 6.45) is 0.480. The van der Waals surface area contributed by atoms with Crippen LogP contribution in [0.4, 0.5) is 4.79 Å². The van der Waals surface area contributed by atoms with Gasteiger partial charge < -0.3 is 24.8 Å². The molecule has 0 aliphatic heterocycles. The molecular weight excluding hydrogens is 276 g/mol. The Labute approximate surface area is 126 Å². The average Bonchev–Trinajstić information content (AvgIpc) is 2.46. The minimum atomic E-state index is -0.895. The van der Waals surface area contributed by atoms with Crippen molar-refractivity contribution in [3.8, 4) is 0 Å². The molecule has 0 aliphatic rings. The summed E-state index contributed by atoms with van der Waals surface area (Å²) in [6.45, 7) is 8.70. The van der Waals surface area contributed by atoms with Crippen LogP contribution in [0.3, 0.4) is 0 Å². The van der Waals surface area contributed by atoms with Crippen molar-refractivity contribution in [3.05, 3.63) is 0 Å². The minimum Gasteiger partial charge on any atom is -0.481 e. The summed E-state index contributed by atoms with van der Waals surface area (Å²) in [5, 5.41) is 11.6. The Hall–Kier alpha value is -1.34. The lowest BCUT2D eigenvalue weighted by Gasteiger charge is -2.23. The average molecular weight is 304 g/mol. The molecule has 0 heterocycles. The molecule has 0 radical (unpaired) electrons. The van der Waals surface area contributed by atoms with Crippen LogP contribution < -0.4 is 5.32 Å². The van der Waals surface area contributed by atoms with Crippen LogP contribution in [0.2, 0.25) is 0 Å². The molecule has 0 rings (SSSR count). The van der Waals surface area contributed by atoms with Crippen LogP contribution in [0, 0.1) is 5.92 Å². The summed E-state index contributed by atoms with van der Waals surface area (Å²) in [4.78, 5) is 24.6. The highest BCUT2D eigenvalue weighted by Gasteiger charge is 2.18. The quantitative estimate of drug-likeness (QED) is 0.529. The fourth-order valence-corrected chi connectivity index (χ4v) is 1.68. The molecule has 0 spiro atoms. The van der Waals surface area contributed by atoms with Crippen LogP contribution in [0.5, 0.6) is 0 Å². The number of ether oxygens (including phenoxy) is 2. The number of carbonyl (C=O) groups is 2. The van der Waals surface area contributed by atoms with Gasteiger partial charge in [0, 0.05) is 32.8 Å². The van der Waals surface area contributed by atoms with Crippen molar-refractivity contribution in [2.45, 2.75) is 27.2 Å². The van der Waals surface area contributed by atoms with Crippen molar-refractivity contribution in [2.24, 2.45) is 5.92 Å². The Balaban J connectivity index is 4.29. The van der Waals surface area contributed by atoms with Crippen LogP contribution in [0.15, 0.2) is 0 Å². The third-order valence-electron chi connectivity index (χ3n) is 3.05. The van der Waals surface area contributed by atoms with Gasteiger partial charge in [0.2, 0.25) is 0 Å². The highest BCUT2D eigenvalue weighted by molar-refractivity contribution is 5.76. The minimum absolute atomic E-state index is 0.129. The van der Waals surface area contributed by atoms with Gasteiger partial charge in [-0.1, -0.05) is 6.92 Å². The summed E-state index contributed by atoms with van der Waals surface area (Å²) in [7, 11) is 0. The van der Waals surface area contributed by atoms with Crippen LogP contribution in [0.25, 0.3) is 0 Å². The second kappa shape index (κ2) is 12.4. The molecule has 1 unspecified atom stereocenters. The van der Waals surface area contributed by atoms with E-state index in [9.17, 15) is 9.59 Å². The van der Waals surface area contributed by atoms with E-state index in [1.807, 2.05) is 13.8 Å². The number of hydrogen-bond donors (Lipinski definition) is 2. The third-order valence-corrected chi connectivity index (χ3v) is 3.05. The van der Waals surface area contributed by atoms with Gasteiger partial charge in [0.1, 0.15) is 0 Å². The number of carboxylic acid groups (broad SMARTS) is 1. The van der Waals surface area contributed by atoms with E-state index in [0.717, 1.165) is 0 Å². The molecule has 124 valence electrons. The number of carbonyl (C=O) groups excluding carboxylic acids is 1. The van der Waals surface area contributed by atoms with Gasteiger partial charge in [0.15, 0.2) is 0 Å². The maximum absolute atomic E-state index is 12.1. The molecule has 0 saturated carbocycles. The SMILES string of the molecule is CCOCCN(CCOCC)C(=O)NCC(CC)C(=O)O. The van der Waals surface area contributed by atoms with Gasteiger partial charge in [0.05, 0.1) is 19.1 Å². The van der Waals surface area contributed by atoms with E-state index in [-0.39, 0.29) is 12.6 Å². The smallest absolute Gasteiger partial charge is 0.317 e. The first kappa shape index (κ1) is 19.7. The van der Waals surface area contributed by atoms with Crippen LogP contribution in [-0.4, -0.2) is 68.1 Å². The van der Waals surface area contributed by atoms with E-state index in [1.54, 1.807) is 11.8 Å². The lowest BCUT2D eigenvalue weighted by molar-refractivity contribution is -0.141. The molecule has 0 aromatic carbocycles. The molecule has 0 aliphatic carbocycles. The number of urea groups is 1. The molecule has 21 heavy (non-hydrogen) atoms. The fourth-order valence-electron chi connectivity index (χ4n) is 1.68. The number of nitrogens with zero attached hydrogens (tertiary/aromatic N) is 1. The Morgan fingerprint density at radius 1 is 1.10 bits per heavy atom. The largest absolute Gasteiger partial charge is 0.481 e. The highest BCUT2D eigenvalue weighted by atomic mass is 16.5. The van der Waals surface area contributed by atoms with Crippen LogP contribution in [0.1, 0.15) is 27.2 Å². The van der Waals surface area contributed by atoms with Crippen molar-refractivity contribution in [3.63, 3.8) is 0 Å². The predicted octanol–water partition coefficient (Wildman–Crippen LogP) is 1.18. The summed E-state index contributed by atoms with van der Waals surface area (Å²) in [5.41, 5.74) is 0. The van der Waals surface area contributed by atoms with E-state index >= 15 is 0 Å². The summed E-state index contributed by atoms with van der Waals surface area (Å²) < 4.78 is 10.5. The first-order valence-electron chi connectivity index (χ1n) is 7.47. The second-order valence-electron chi connectivity index (χ2n) is 4.51. The second-order valence-corrected chi connectivity index (χ2v) is 4.51. The van der Waals surface area contributed by atoms with E-state index < -0.39 is 11.9 Å². The zero-order valence-corrected chi connectivity index (χ0v) is 13.3. The molecule has 0 aromatic heterocycles. The maximum Gasteiger partial charge on any atom is 0.317 e. The maximum atomic E-state index is 12.1. The Bertz CT molecular complexity index is 289. The molecule has 2 amide bonds. The lowest BCUT2D eigenvalue weighted by Crippen LogP contribution is -2.45. The van der Waals surface area contributed by atoms with Gasteiger partial charge in [-0.25, -0.2) is 4.79 Å². The monoisotopic (exact) mass is 304 g/mol. The third kappa shape index (κ3) is 9.25. The molecule has 2 N–H and O–H groups in total. The van der Waals surface area contributed by atoms with E-state index in [1.165, 1.54) is 0 Å². The van der Waals surface area contributed by atoms with Gasteiger partial charge in [-0.3, -0.25) is 4.79 Å². The number of hydrogen-bond acceptors (Lipinski definition) is 4. The van der Waals surface area contributed by atoms with Crippen molar-refractivity contribution in [2.75, 3.05) is 46.1 Å². The van der Waals surface area contributed by atoms with E-state index in [0.29, 0.717) is 45.9 Å². The molecule has 0 saturated heterocycles. The topological polar surface area (TPSA) is 88.1 Å². The first-order valence-corrected chi connectivity index (χ1v) is 7.47. The molecule has 0 bridgehead atoms. The van der Waals surface area contributed by atoms with Crippen molar-refractivity contribution in [1.82, 2.24) is 10.2 Å². The van der Waals surface area contributed by atoms with Crippen molar-refractivity contribution < 1.29 is 24.2 Å². The Kier molecular flexibility index (Phi) is 11.6. The molecular formula is C14H28N2O5.